The van der Waals surface area contributed by atoms with Crippen molar-refractivity contribution >= 4 is 5.91 Å². The normalized spacial score (nSPS) is 26.4. The molecule has 0 saturated heterocycles. The Morgan fingerprint density at radius 1 is 1.53 bits per heavy atom. The van der Waals surface area contributed by atoms with Gasteiger partial charge in [0.05, 0.1) is 24.0 Å². The zero-order valence-electron chi connectivity index (χ0n) is 11.1. The minimum absolute atomic E-state index is 0.244. The van der Waals surface area contributed by atoms with Crippen LogP contribution in [-0.4, -0.2) is 21.6 Å². The number of nitriles is 1. The third-order valence-corrected chi connectivity index (χ3v) is 3.95. The zero-order chi connectivity index (χ0) is 13.7. The largest absolute Gasteiger partial charge is 0.334 e. The summed E-state index contributed by atoms with van der Waals surface area (Å²) in [4.78, 5) is 12.1. The first-order valence-electron chi connectivity index (χ1n) is 6.69. The van der Waals surface area contributed by atoms with E-state index in [-0.39, 0.29) is 5.91 Å². The third kappa shape index (κ3) is 3.08. The fraction of sp³-hybridized carbons (Fsp3) is 0.571. The lowest BCUT2D eigenvalue weighted by Crippen LogP contribution is -2.49. The van der Waals surface area contributed by atoms with Crippen LogP contribution in [0.4, 0.5) is 0 Å². The van der Waals surface area contributed by atoms with Gasteiger partial charge in [0, 0.05) is 0 Å². The van der Waals surface area contributed by atoms with Crippen LogP contribution in [0.5, 0.6) is 0 Å². The Morgan fingerprint density at radius 2 is 2.26 bits per heavy atom. The minimum Gasteiger partial charge on any atom is -0.334 e. The molecule has 5 heteroatoms. The van der Waals surface area contributed by atoms with Crippen molar-refractivity contribution < 1.29 is 4.79 Å². The maximum Gasteiger partial charge on any atom is 0.254 e. The number of nitrogens with one attached hydrogen (secondary N) is 1. The van der Waals surface area contributed by atoms with Gasteiger partial charge in [0.15, 0.2) is 0 Å². The fourth-order valence-corrected chi connectivity index (χ4v) is 2.56. The third-order valence-electron chi connectivity index (χ3n) is 3.95. The maximum atomic E-state index is 12.1. The lowest BCUT2D eigenvalue weighted by atomic mass is 9.76. The molecule has 1 amide bonds. The van der Waals surface area contributed by atoms with Crippen molar-refractivity contribution in [3.8, 4) is 6.07 Å². The lowest BCUT2D eigenvalue weighted by Gasteiger charge is -2.35. The summed E-state index contributed by atoms with van der Waals surface area (Å²) in [5.74, 6) is 0.437. The van der Waals surface area contributed by atoms with Gasteiger partial charge in [-0.25, -0.2) is 0 Å². The van der Waals surface area contributed by atoms with Crippen LogP contribution in [0.1, 0.15) is 49.4 Å². The number of carbonyl (C=O) groups excluding carboxylic acids is 1. The number of carbonyl (C=O) groups is 1. The smallest absolute Gasteiger partial charge is 0.254 e. The molecule has 1 heterocycles. The lowest BCUT2D eigenvalue weighted by molar-refractivity contribution is 0.0890. The second-order valence-electron chi connectivity index (χ2n) is 5.13. The standard InChI is InChI=1S/C14H18N4O/c1-2-11-3-6-14(10-15,7-4-11)18-13(19)12-5-8-16-17-9-12/h5,8-9,11H,2-4,6-7H2,1H3,(H,18,19). The molecule has 0 aliphatic heterocycles. The van der Waals surface area contributed by atoms with E-state index in [2.05, 4.69) is 28.5 Å². The number of amides is 1. The van der Waals surface area contributed by atoms with E-state index < -0.39 is 5.54 Å². The summed E-state index contributed by atoms with van der Waals surface area (Å²) >= 11 is 0. The van der Waals surface area contributed by atoms with Gasteiger partial charge in [-0.3, -0.25) is 4.79 Å². The van der Waals surface area contributed by atoms with Crippen molar-refractivity contribution in [2.75, 3.05) is 0 Å². The van der Waals surface area contributed by atoms with Crippen molar-refractivity contribution in [3.63, 3.8) is 0 Å². The van der Waals surface area contributed by atoms with Crippen LogP contribution in [0.3, 0.4) is 0 Å². The molecule has 19 heavy (non-hydrogen) atoms. The predicted molar refractivity (Wildman–Crippen MR) is 70.1 cm³/mol. The Kier molecular flexibility index (Phi) is 4.10. The number of nitrogens with zero attached hydrogens (tertiary/aromatic N) is 3. The van der Waals surface area contributed by atoms with E-state index in [0.29, 0.717) is 11.5 Å². The number of hydrogen-bond acceptors (Lipinski definition) is 4. The Hall–Kier alpha value is -1.96. The van der Waals surface area contributed by atoms with Crippen LogP contribution >= 0.6 is 0 Å². The van der Waals surface area contributed by atoms with E-state index in [1.54, 1.807) is 6.07 Å². The summed E-state index contributed by atoms with van der Waals surface area (Å²) in [5.41, 5.74) is -0.270. The molecule has 2 rings (SSSR count). The molecule has 1 fully saturated rings. The molecule has 0 bridgehead atoms. The highest BCUT2D eigenvalue weighted by atomic mass is 16.1. The molecular formula is C14H18N4O. The van der Waals surface area contributed by atoms with Gasteiger partial charge in [-0.1, -0.05) is 13.3 Å². The summed E-state index contributed by atoms with van der Waals surface area (Å²) in [6.45, 7) is 2.17. The van der Waals surface area contributed by atoms with E-state index in [1.807, 2.05) is 0 Å². The van der Waals surface area contributed by atoms with Gasteiger partial charge in [-0.15, -0.1) is 0 Å². The first-order chi connectivity index (χ1) is 9.19. The van der Waals surface area contributed by atoms with Crippen molar-refractivity contribution in [2.24, 2.45) is 5.92 Å². The average Bonchev–Trinajstić information content (AvgIpc) is 2.49. The molecule has 0 atom stereocenters. The summed E-state index contributed by atoms with van der Waals surface area (Å²) in [6, 6.07) is 3.90. The van der Waals surface area contributed by atoms with Crippen LogP contribution < -0.4 is 5.32 Å². The second-order valence-corrected chi connectivity index (χ2v) is 5.13. The molecule has 0 radical (unpaired) electrons. The molecule has 0 aromatic carbocycles. The van der Waals surface area contributed by atoms with Crippen molar-refractivity contribution in [1.29, 1.82) is 5.26 Å². The SMILES string of the molecule is CCC1CCC(C#N)(NC(=O)c2ccnnc2)CC1. The highest BCUT2D eigenvalue weighted by molar-refractivity contribution is 5.94. The van der Waals surface area contributed by atoms with E-state index in [0.717, 1.165) is 32.1 Å². The quantitative estimate of drug-likeness (QED) is 0.900. The van der Waals surface area contributed by atoms with E-state index >= 15 is 0 Å². The zero-order valence-corrected chi connectivity index (χ0v) is 11.1. The highest BCUT2D eigenvalue weighted by Crippen LogP contribution is 2.33. The van der Waals surface area contributed by atoms with Gasteiger partial charge in [0.25, 0.3) is 5.91 Å². The molecule has 1 aliphatic rings. The second kappa shape index (κ2) is 5.79. The predicted octanol–water partition coefficient (Wildman–Crippen LogP) is 2.07. The molecule has 1 saturated carbocycles. The van der Waals surface area contributed by atoms with Crippen LogP contribution in [0.25, 0.3) is 0 Å². The maximum absolute atomic E-state index is 12.1. The fourth-order valence-electron chi connectivity index (χ4n) is 2.56. The minimum atomic E-state index is -0.716. The van der Waals surface area contributed by atoms with E-state index in [4.69, 9.17) is 0 Å². The van der Waals surface area contributed by atoms with Gasteiger partial charge >= 0.3 is 0 Å². The van der Waals surface area contributed by atoms with Crippen LogP contribution in [-0.2, 0) is 0 Å². The summed E-state index contributed by atoms with van der Waals surface area (Å²) < 4.78 is 0. The molecule has 1 aromatic rings. The Bertz CT molecular complexity index is 472. The molecule has 100 valence electrons. The summed E-state index contributed by atoms with van der Waals surface area (Å²) in [7, 11) is 0. The van der Waals surface area contributed by atoms with Crippen molar-refractivity contribution in [3.05, 3.63) is 24.0 Å². The van der Waals surface area contributed by atoms with Crippen molar-refractivity contribution in [2.45, 2.75) is 44.6 Å². The van der Waals surface area contributed by atoms with Gasteiger partial charge in [-0.2, -0.15) is 15.5 Å². The molecule has 5 nitrogen and oxygen atoms in total. The Labute approximate surface area is 113 Å². The van der Waals surface area contributed by atoms with Gasteiger partial charge in [-0.05, 0) is 37.7 Å². The number of aromatic nitrogens is 2. The molecule has 0 unspecified atom stereocenters. The molecule has 1 aromatic heterocycles. The Balaban J connectivity index is 2.04. The van der Waals surface area contributed by atoms with Gasteiger partial charge in [0.1, 0.15) is 5.54 Å². The van der Waals surface area contributed by atoms with Crippen LogP contribution in [0, 0.1) is 17.2 Å². The summed E-state index contributed by atoms with van der Waals surface area (Å²) in [5, 5.41) is 19.6. The molecule has 1 N–H and O–H groups in total. The first-order valence-corrected chi connectivity index (χ1v) is 6.69. The number of hydrogen-bond donors (Lipinski definition) is 1. The topological polar surface area (TPSA) is 78.7 Å². The summed E-state index contributed by atoms with van der Waals surface area (Å²) in [6.07, 6.45) is 7.49. The van der Waals surface area contributed by atoms with Crippen molar-refractivity contribution in [1.82, 2.24) is 15.5 Å². The Morgan fingerprint density at radius 3 is 2.79 bits per heavy atom. The first kappa shape index (κ1) is 13.5. The van der Waals surface area contributed by atoms with Gasteiger partial charge < -0.3 is 5.32 Å². The van der Waals surface area contributed by atoms with E-state index in [1.165, 1.54) is 12.4 Å². The number of rotatable bonds is 3. The monoisotopic (exact) mass is 258 g/mol. The highest BCUT2D eigenvalue weighted by Gasteiger charge is 2.36. The molecular weight excluding hydrogens is 240 g/mol. The van der Waals surface area contributed by atoms with E-state index in [9.17, 15) is 10.1 Å². The van der Waals surface area contributed by atoms with Gasteiger partial charge in [0.2, 0.25) is 0 Å². The average molecular weight is 258 g/mol. The van der Waals surface area contributed by atoms with Crippen LogP contribution in [0.15, 0.2) is 18.5 Å². The molecule has 0 spiro atoms. The molecule has 1 aliphatic carbocycles. The van der Waals surface area contributed by atoms with Crippen LogP contribution in [0.2, 0.25) is 0 Å².